The maximum absolute atomic E-state index is 11.8. The van der Waals surface area contributed by atoms with Crippen molar-refractivity contribution < 1.29 is 19.1 Å². The number of nitrogens with one attached hydrogen (secondary N) is 1. The SMILES string of the molecule is COc1cc(-c2nccc(-c3cccc(-c4ccc(CN5CC6(C5)CN(C(C)=O)C6)c(OC)n4)c3Cl)c2Cl)ccc1CN1CC2(CNC(=O)C2)C1. The Morgan fingerprint density at radius 3 is 2.22 bits per heavy atom. The zero-order valence-electron chi connectivity index (χ0n) is 29.0. The van der Waals surface area contributed by atoms with Gasteiger partial charge in [-0.2, -0.15) is 0 Å². The van der Waals surface area contributed by atoms with Crippen LogP contribution in [0.25, 0.3) is 33.6 Å². The Labute approximate surface area is 307 Å². The molecule has 2 amide bonds. The maximum Gasteiger partial charge on any atom is 0.220 e. The number of carbonyl (C=O) groups is 2. The van der Waals surface area contributed by atoms with Crippen LogP contribution in [0.15, 0.2) is 60.8 Å². The lowest BCUT2D eigenvalue weighted by Gasteiger charge is -2.60. The van der Waals surface area contributed by atoms with Crippen LogP contribution in [0.3, 0.4) is 0 Å². The summed E-state index contributed by atoms with van der Waals surface area (Å²) in [5, 5.41) is 3.99. The number of pyridine rings is 2. The summed E-state index contributed by atoms with van der Waals surface area (Å²) in [4.78, 5) is 39.6. The van der Waals surface area contributed by atoms with Crippen molar-refractivity contribution in [1.82, 2.24) is 30.0 Å². The van der Waals surface area contributed by atoms with Crippen molar-refractivity contribution in [3.8, 4) is 45.3 Å². The van der Waals surface area contributed by atoms with Crippen molar-refractivity contribution in [2.75, 3.05) is 60.0 Å². The van der Waals surface area contributed by atoms with Crippen LogP contribution in [0.1, 0.15) is 24.5 Å². The number of aromatic nitrogens is 2. The summed E-state index contributed by atoms with van der Waals surface area (Å²) in [5.74, 6) is 1.62. The molecule has 264 valence electrons. The third kappa shape index (κ3) is 6.22. The molecule has 4 aromatic rings. The molecule has 12 heteroatoms. The first-order valence-corrected chi connectivity index (χ1v) is 18.0. The van der Waals surface area contributed by atoms with E-state index in [0.717, 1.165) is 98.0 Å². The van der Waals surface area contributed by atoms with Crippen LogP contribution >= 0.6 is 23.2 Å². The molecule has 4 aliphatic heterocycles. The number of methoxy groups -OCH3 is 2. The summed E-state index contributed by atoms with van der Waals surface area (Å²) in [7, 11) is 3.31. The van der Waals surface area contributed by atoms with Gasteiger partial charge in [0.2, 0.25) is 17.7 Å². The van der Waals surface area contributed by atoms with Gasteiger partial charge < -0.3 is 19.7 Å². The van der Waals surface area contributed by atoms with E-state index in [4.69, 9.17) is 37.7 Å². The highest BCUT2D eigenvalue weighted by Gasteiger charge is 2.52. The van der Waals surface area contributed by atoms with Gasteiger partial charge in [-0.05, 0) is 18.2 Å². The first-order chi connectivity index (χ1) is 24.6. The summed E-state index contributed by atoms with van der Waals surface area (Å²) in [6.45, 7) is 9.24. The van der Waals surface area contributed by atoms with Crippen molar-refractivity contribution in [2.45, 2.75) is 26.4 Å². The number of amides is 2. The molecule has 4 aliphatic rings. The van der Waals surface area contributed by atoms with Gasteiger partial charge in [-0.25, -0.2) is 4.98 Å². The van der Waals surface area contributed by atoms with Gasteiger partial charge in [-0.15, -0.1) is 0 Å². The zero-order chi connectivity index (χ0) is 35.5. The lowest BCUT2D eigenvalue weighted by atomic mass is 9.72. The Morgan fingerprint density at radius 1 is 0.843 bits per heavy atom. The Morgan fingerprint density at radius 2 is 1.53 bits per heavy atom. The molecule has 10 nitrogen and oxygen atoms in total. The fourth-order valence-corrected chi connectivity index (χ4v) is 9.05. The summed E-state index contributed by atoms with van der Waals surface area (Å²) in [6.07, 6.45) is 2.35. The molecule has 0 saturated carbocycles. The topological polar surface area (TPSA) is 100 Å². The van der Waals surface area contributed by atoms with E-state index in [-0.39, 0.29) is 22.6 Å². The molecule has 1 N–H and O–H groups in total. The molecule has 2 spiro atoms. The second-order valence-electron chi connectivity index (χ2n) is 14.7. The van der Waals surface area contributed by atoms with Crippen molar-refractivity contribution in [3.63, 3.8) is 0 Å². The lowest BCUT2D eigenvalue weighted by molar-refractivity contribution is -0.157. The fraction of sp³-hybridized carbons (Fsp3) is 0.385. The number of likely N-dealkylation sites (tertiary alicyclic amines) is 3. The molecule has 8 rings (SSSR count). The normalized spacial score (nSPS) is 19.0. The van der Waals surface area contributed by atoms with Crippen molar-refractivity contribution in [1.29, 1.82) is 0 Å². The van der Waals surface area contributed by atoms with E-state index in [1.54, 1.807) is 27.3 Å². The lowest BCUT2D eigenvalue weighted by Crippen LogP contribution is -2.72. The Bertz CT molecular complexity index is 2040. The van der Waals surface area contributed by atoms with Gasteiger partial charge in [-0.3, -0.25) is 24.4 Å². The molecular formula is C39H40Cl2N6O4. The maximum atomic E-state index is 11.8. The van der Waals surface area contributed by atoms with E-state index >= 15 is 0 Å². The minimum Gasteiger partial charge on any atom is -0.496 e. The van der Waals surface area contributed by atoms with Gasteiger partial charge in [0.05, 0.1) is 35.7 Å². The van der Waals surface area contributed by atoms with Crippen LogP contribution in [-0.2, 0) is 22.7 Å². The molecule has 4 saturated heterocycles. The molecule has 6 heterocycles. The molecular weight excluding hydrogens is 687 g/mol. The van der Waals surface area contributed by atoms with E-state index < -0.39 is 0 Å². The third-order valence-corrected chi connectivity index (χ3v) is 11.7. The number of benzene rings is 2. The van der Waals surface area contributed by atoms with Crippen LogP contribution in [0.5, 0.6) is 11.6 Å². The van der Waals surface area contributed by atoms with Gasteiger partial charge in [0.25, 0.3) is 0 Å². The third-order valence-electron chi connectivity index (χ3n) is 10.9. The quantitative estimate of drug-likeness (QED) is 0.232. The van der Waals surface area contributed by atoms with Crippen molar-refractivity contribution >= 4 is 35.0 Å². The van der Waals surface area contributed by atoms with Crippen LogP contribution in [0, 0.1) is 10.8 Å². The Balaban J connectivity index is 0.997. The first kappa shape index (κ1) is 33.9. The molecule has 2 aromatic carbocycles. The van der Waals surface area contributed by atoms with E-state index in [1.165, 1.54) is 0 Å². The number of nitrogens with zero attached hydrogens (tertiary/aromatic N) is 5. The Hall–Kier alpha value is -4.22. The van der Waals surface area contributed by atoms with Crippen LogP contribution in [-0.4, -0.2) is 96.5 Å². The summed E-state index contributed by atoms with van der Waals surface area (Å²) < 4.78 is 11.6. The zero-order valence-corrected chi connectivity index (χ0v) is 30.5. The number of halogens is 2. The average molecular weight is 728 g/mol. The van der Waals surface area contributed by atoms with Crippen molar-refractivity contribution in [2.24, 2.45) is 10.8 Å². The number of carbonyl (C=O) groups excluding carboxylic acids is 2. The minimum absolute atomic E-state index is 0.0715. The van der Waals surface area contributed by atoms with Crippen LogP contribution < -0.4 is 14.8 Å². The molecule has 51 heavy (non-hydrogen) atoms. The van der Waals surface area contributed by atoms with Gasteiger partial charge in [0, 0.05) is 123 Å². The first-order valence-electron chi connectivity index (χ1n) is 17.2. The van der Waals surface area contributed by atoms with E-state index in [0.29, 0.717) is 33.7 Å². The van der Waals surface area contributed by atoms with E-state index in [2.05, 4.69) is 32.2 Å². The molecule has 0 atom stereocenters. The number of hydrogen-bond acceptors (Lipinski definition) is 8. The minimum atomic E-state index is 0.0715. The van der Waals surface area contributed by atoms with Crippen LogP contribution in [0.2, 0.25) is 10.0 Å². The smallest absolute Gasteiger partial charge is 0.220 e. The molecule has 4 fully saturated rings. The largest absolute Gasteiger partial charge is 0.496 e. The average Bonchev–Trinajstić information content (AvgIpc) is 3.47. The number of rotatable bonds is 9. The summed E-state index contributed by atoms with van der Waals surface area (Å²) in [5.41, 5.74) is 6.85. The molecule has 0 bridgehead atoms. The highest BCUT2D eigenvalue weighted by Crippen LogP contribution is 2.44. The highest BCUT2D eigenvalue weighted by molar-refractivity contribution is 6.39. The molecule has 2 aromatic heterocycles. The van der Waals surface area contributed by atoms with Gasteiger partial charge in [0.1, 0.15) is 5.75 Å². The van der Waals surface area contributed by atoms with E-state index in [9.17, 15) is 9.59 Å². The standard InChI is InChI=1S/C39H40Cl2N6O4/c1-24(48)47-22-39(23-47)20-46(21-39)16-27-9-10-31(44-37(27)51-3)30-6-4-5-28(34(30)40)29-11-12-42-36(35(29)41)25-7-8-26(32(13-25)50-2)15-45-18-38(19-45)14-33(49)43-17-38/h4-13H,14-23H2,1-3H3,(H,43,49). The Kier molecular flexibility index (Phi) is 8.69. The second-order valence-corrected chi connectivity index (χ2v) is 15.5. The fourth-order valence-electron chi connectivity index (χ4n) is 8.40. The molecule has 0 aliphatic carbocycles. The second kappa shape index (κ2) is 13.1. The number of hydrogen-bond donors (Lipinski definition) is 1. The predicted octanol–water partition coefficient (Wildman–Crippen LogP) is 5.79. The molecule has 0 unspecified atom stereocenters. The monoisotopic (exact) mass is 726 g/mol. The summed E-state index contributed by atoms with van der Waals surface area (Å²) in [6, 6.07) is 17.8. The van der Waals surface area contributed by atoms with Crippen LogP contribution in [0.4, 0.5) is 0 Å². The van der Waals surface area contributed by atoms with Gasteiger partial charge in [0.15, 0.2) is 0 Å². The molecule has 0 radical (unpaired) electrons. The van der Waals surface area contributed by atoms with Gasteiger partial charge >= 0.3 is 0 Å². The van der Waals surface area contributed by atoms with Crippen molar-refractivity contribution in [3.05, 3.63) is 82.0 Å². The predicted molar refractivity (Wildman–Crippen MR) is 197 cm³/mol. The van der Waals surface area contributed by atoms with E-state index in [1.807, 2.05) is 47.4 Å². The summed E-state index contributed by atoms with van der Waals surface area (Å²) >= 11 is 14.2. The number of ether oxygens (including phenoxy) is 2. The highest BCUT2D eigenvalue weighted by atomic mass is 35.5. The van der Waals surface area contributed by atoms with Gasteiger partial charge in [-0.1, -0.05) is 59.6 Å².